The Balaban J connectivity index is 1.86. The van der Waals surface area contributed by atoms with E-state index in [1.807, 2.05) is 35.0 Å². The Bertz CT molecular complexity index is 994. The molecule has 0 aliphatic rings. The molecule has 0 bridgehead atoms. The lowest BCUT2D eigenvalue weighted by molar-refractivity contribution is 0.596. The summed E-state index contributed by atoms with van der Waals surface area (Å²) in [4.78, 5) is 22.7. The highest BCUT2D eigenvalue weighted by Gasteiger charge is 2.14. The number of nitrogens with zero attached hydrogens (tertiary/aromatic N) is 2. The highest BCUT2D eigenvalue weighted by molar-refractivity contribution is 6.00. The first kappa shape index (κ1) is 12.9. The first-order valence-electron chi connectivity index (χ1n) is 7.33. The van der Waals surface area contributed by atoms with E-state index in [9.17, 15) is 4.79 Å². The number of aromatic amines is 2. The van der Waals surface area contributed by atoms with Crippen LogP contribution in [0.3, 0.4) is 0 Å². The summed E-state index contributed by atoms with van der Waals surface area (Å²) in [5.74, 6) is 0.250. The predicted octanol–water partition coefficient (Wildman–Crippen LogP) is 3.01. The lowest BCUT2D eigenvalue weighted by Gasteiger charge is -2.13. The van der Waals surface area contributed by atoms with E-state index in [1.54, 1.807) is 6.20 Å². The number of hydrogen-bond donors (Lipinski definition) is 2. The lowest BCUT2D eigenvalue weighted by atomic mass is 10.0. The van der Waals surface area contributed by atoms with Crippen LogP contribution in [0.2, 0.25) is 0 Å². The van der Waals surface area contributed by atoms with Gasteiger partial charge in [0.1, 0.15) is 5.65 Å². The molecule has 4 rings (SSSR count). The summed E-state index contributed by atoms with van der Waals surface area (Å²) >= 11 is 0. The fraction of sp³-hybridized carbons (Fsp3) is 0.176. The van der Waals surface area contributed by atoms with Crippen LogP contribution in [0.15, 0.2) is 53.6 Å². The summed E-state index contributed by atoms with van der Waals surface area (Å²) < 4.78 is 1.81. The number of H-pyrrole nitrogens is 2. The lowest BCUT2D eigenvalue weighted by Crippen LogP contribution is -2.19. The largest absolute Gasteiger partial charge is 0.346 e. The number of aromatic nitrogens is 4. The maximum absolute atomic E-state index is 12.3. The molecule has 4 aromatic rings. The van der Waals surface area contributed by atoms with Crippen LogP contribution in [-0.2, 0) is 6.54 Å². The van der Waals surface area contributed by atoms with Crippen molar-refractivity contribution in [2.24, 2.45) is 0 Å². The second-order valence-corrected chi connectivity index (χ2v) is 5.61. The van der Waals surface area contributed by atoms with Crippen LogP contribution in [0, 0.1) is 0 Å². The molecule has 0 amide bonds. The molecule has 1 unspecified atom stereocenters. The highest BCUT2D eigenvalue weighted by atomic mass is 16.1. The molecule has 3 heterocycles. The number of hydrogen-bond acceptors (Lipinski definition) is 2. The van der Waals surface area contributed by atoms with Gasteiger partial charge in [-0.05, 0) is 17.5 Å². The molecule has 110 valence electrons. The van der Waals surface area contributed by atoms with Crippen LogP contribution in [-0.4, -0.2) is 19.5 Å². The number of nitrogens with one attached hydrogen (secondary N) is 2. The van der Waals surface area contributed by atoms with Gasteiger partial charge in [0.05, 0.1) is 17.2 Å². The summed E-state index contributed by atoms with van der Waals surface area (Å²) in [7, 11) is 0. The van der Waals surface area contributed by atoms with Gasteiger partial charge in [-0.25, -0.2) is 9.78 Å². The highest BCUT2D eigenvalue weighted by Crippen LogP contribution is 2.23. The predicted molar refractivity (Wildman–Crippen MR) is 87.1 cm³/mol. The van der Waals surface area contributed by atoms with Crippen molar-refractivity contribution in [3.8, 4) is 0 Å². The van der Waals surface area contributed by atoms with E-state index in [0.29, 0.717) is 6.54 Å². The van der Waals surface area contributed by atoms with Crippen LogP contribution in [0.5, 0.6) is 0 Å². The molecule has 3 aromatic heterocycles. The molecule has 5 nitrogen and oxygen atoms in total. The van der Waals surface area contributed by atoms with Crippen LogP contribution >= 0.6 is 0 Å². The smallest absolute Gasteiger partial charge is 0.326 e. The molecule has 1 atom stereocenters. The molecule has 0 radical (unpaired) electrons. The molecule has 0 aliphatic heterocycles. The maximum Gasteiger partial charge on any atom is 0.326 e. The van der Waals surface area contributed by atoms with E-state index in [1.165, 1.54) is 5.56 Å². The SMILES string of the molecule is CC(Cn1c(=O)[nH]c2cnc3[nH]ccc3c21)c1ccccc1. The Kier molecular flexibility index (Phi) is 2.85. The van der Waals surface area contributed by atoms with Crippen molar-refractivity contribution in [1.82, 2.24) is 19.5 Å². The van der Waals surface area contributed by atoms with Crippen molar-refractivity contribution in [2.75, 3.05) is 0 Å². The van der Waals surface area contributed by atoms with Gasteiger partial charge in [0.25, 0.3) is 0 Å². The fourth-order valence-electron chi connectivity index (χ4n) is 3.00. The Morgan fingerprint density at radius 1 is 1.23 bits per heavy atom. The Labute approximate surface area is 126 Å². The minimum absolute atomic E-state index is 0.0896. The van der Waals surface area contributed by atoms with Crippen molar-refractivity contribution < 1.29 is 0 Å². The Hall–Kier alpha value is -2.82. The molecule has 2 N–H and O–H groups in total. The van der Waals surface area contributed by atoms with Crippen molar-refractivity contribution in [1.29, 1.82) is 0 Å². The monoisotopic (exact) mass is 292 g/mol. The van der Waals surface area contributed by atoms with Gasteiger partial charge < -0.3 is 9.97 Å². The topological polar surface area (TPSA) is 66.5 Å². The van der Waals surface area contributed by atoms with E-state index in [2.05, 4.69) is 34.0 Å². The number of imidazole rings is 1. The molecular formula is C17H16N4O. The van der Waals surface area contributed by atoms with Gasteiger partial charge in [0.2, 0.25) is 0 Å². The molecule has 22 heavy (non-hydrogen) atoms. The van der Waals surface area contributed by atoms with Crippen LogP contribution in [0.1, 0.15) is 18.4 Å². The number of rotatable bonds is 3. The quantitative estimate of drug-likeness (QED) is 0.609. The molecule has 0 saturated heterocycles. The number of fused-ring (bicyclic) bond motifs is 3. The summed E-state index contributed by atoms with van der Waals surface area (Å²) in [6.45, 7) is 2.77. The molecule has 0 saturated carbocycles. The number of benzene rings is 1. The van der Waals surface area contributed by atoms with Gasteiger partial charge in [0, 0.05) is 18.1 Å². The average Bonchev–Trinajstić information content (AvgIpc) is 3.12. The van der Waals surface area contributed by atoms with Gasteiger partial charge in [-0.1, -0.05) is 37.3 Å². The molecule has 0 aliphatic carbocycles. The molecule has 1 aromatic carbocycles. The second-order valence-electron chi connectivity index (χ2n) is 5.61. The Morgan fingerprint density at radius 2 is 2.05 bits per heavy atom. The van der Waals surface area contributed by atoms with Gasteiger partial charge in [-0.2, -0.15) is 0 Å². The van der Waals surface area contributed by atoms with Gasteiger partial charge >= 0.3 is 5.69 Å². The molecule has 0 spiro atoms. The van der Waals surface area contributed by atoms with E-state index in [0.717, 1.165) is 22.1 Å². The van der Waals surface area contributed by atoms with Crippen molar-refractivity contribution in [3.05, 3.63) is 64.8 Å². The van der Waals surface area contributed by atoms with E-state index in [-0.39, 0.29) is 11.6 Å². The third-order valence-electron chi connectivity index (χ3n) is 4.14. The van der Waals surface area contributed by atoms with Crippen molar-refractivity contribution in [3.63, 3.8) is 0 Å². The minimum Gasteiger partial charge on any atom is -0.346 e. The standard InChI is InChI=1S/C17H16N4O/c1-11(12-5-3-2-4-6-12)10-21-15-13-7-8-18-16(13)19-9-14(15)20-17(21)22/h2-9,11H,10H2,1H3,(H,18,19)(H,20,22). The van der Waals surface area contributed by atoms with E-state index < -0.39 is 0 Å². The van der Waals surface area contributed by atoms with Crippen LogP contribution in [0.25, 0.3) is 22.1 Å². The molecule has 0 fully saturated rings. The maximum atomic E-state index is 12.3. The zero-order valence-electron chi connectivity index (χ0n) is 12.2. The number of pyridine rings is 1. The fourth-order valence-corrected chi connectivity index (χ4v) is 3.00. The van der Waals surface area contributed by atoms with Crippen molar-refractivity contribution >= 4 is 22.1 Å². The van der Waals surface area contributed by atoms with Crippen LogP contribution < -0.4 is 5.69 Å². The summed E-state index contributed by atoms with van der Waals surface area (Å²) in [5, 5.41) is 0.969. The first-order valence-corrected chi connectivity index (χ1v) is 7.33. The molecular weight excluding hydrogens is 276 g/mol. The van der Waals surface area contributed by atoms with E-state index in [4.69, 9.17) is 0 Å². The molecule has 5 heteroatoms. The van der Waals surface area contributed by atoms with Crippen LogP contribution in [0.4, 0.5) is 0 Å². The summed E-state index contributed by atoms with van der Waals surface area (Å²) in [6.07, 6.45) is 3.55. The third kappa shape index (κ3) is 1.94. The average molecular weight is 292 g/mol. The zero-order chi connectivity index (χ0) is 15.1. The zero-order valence-corrected chi connectivity index (χ0v) is 12.2. The third-order valence-corrected chi connectivity index (χ3v) is 4.14. The normalized spacial score (nSPS) is 13.0. The van der Waals surface area contributed by atoms with E-state index >= 15 is 0 Å². The van der Waals surface area contributed by atoms with Gasteiger partial charge in [-0.3, -0.25) is 4.57 Å². The second kappa shape index (κ2) is 4.87. The van der Waals surface area contributed by atoms with Crippen molar-refractivity contribution in [2.45, 2.75) is 19.4 Å². The first-order chi connectivity index (χ1) is 10.7. The minimum atomic E-state index is -0.0896. The summed E-state index contributed by atoms with van der Waals surface area (Å²) in [6, 6.07) is 12.2. The van der Waals surface area contributed by atoms with Gasteiger partial charge in [-0.15, -0.1) is 0 Å². The summed E-state index contributed by atoms with van der Waals surface area (Å²) in [5.41, 5.74) is 3.63. The van der Waals surface area contributed by atoms with Gasteiger partial charge in [0.15, 0.2) is 0 Å². The Morgan fingerprint density at radius 3 is 2.86 bits per heavy atom.